The first-order valence-electron chi connectivity index (χ1n) is 9.19. The Labute approximate surface area is 157 Å². The number of H-pyrrole nitrogens is 1. The van der Waals surface area contributed by atoms with Crippen LogP contribution in [0.15, 0.2) is 36.7 Å². The first-order valence-corrected chi connectivity index (χ1v) is 9.19. The number of nitrogens with one attached hydrogen (secondary N) is 1. The fraction of sp³-hybridized carbons (Fsp3) is 0.400. The largest absolute Gasteiger partial charge is 0.491 e. The van der Waals surface area contributed by atoms with Crippen LogP contribution >= 0.6 is 0 Å². The summed E-state index contributed by atoms with van der Waals surface area (Å²) in [6.45, 7) is 4.22. The van der Waals surface area contributed by atoms with Gasteiger partial charge in [0, 0.05) is 44.1 Å². The molecule has 1 aromatic carbocycles. The Hall–Kier alpha value is -2.83. The normalized spacial score (nSPS) is 14.7. The Balaban J connectivity index is 1.61. The number of carbonyl (C=O) groups is 2. The van der Waals surface area contributed by atoms with E-state index in [1.807, 2.05) is 12.3 Å². The molecule has 2 amide bonds. The van der Waals surface area contributed by atoms with E-state index in [-0.39, 0.29) is 17.6 Å². The molecule has 0 aliphatic carbocycles. The lowest BCUT2D eigenvalue weighted by Gasteiger charge is -2.22. The maximum atomic E-state index is 14.0. The third-order valence-electron chi connectivity index (χ3n) is 4.63. The Kier molecular flexibility index (Phi) is 6.11. The van der Waals surface area contributed by atoms with E-state index in [9.17, 15) is 14.0 Å². The molecule has 2 heterocycles. The Morgan fingerprint density at radius 1 is 1.15 bits per heavy atom. The highest BCUT2D eigenvalue weighted by atomic mass is 19.1. The molecule has 1 aliphatic rings. The maximum absolute atomic E-state index is 14.0. The molecule has 1 aliphatic heterocycles. The topological polar surface area (TPSA) is 65.6 Å². The fourth-order valence-corrected chi connectivity index (χ4v) is 3.21. The maximum Gasteiger partial charge on any atom is 0.254 e. The molecule has 0 spiro atoms. The van der Waals surface area contributed by atoms with Crippen molar-refractivity contribution in [3.8, 4) is 5.75 Å². The highest BCUT2D eigenvalue weighted by Crippen LogP contribution is 2.20. The molecule has 1 aromatic heterocycles. The molecule has 3 rings (SSSR count). The van der Waals surface area contributed by atoms with Gasteiger partial charge in [0.15, 0.2) is 11.6 Å². The summed E-state index contributed by atoms with van der Waals surface area (Å²) in [5.74, 6) is -0.569. The number of rotatable bonds is 5. The number of aromatic amines is 1. The van der Waals surface area contributed by atoms with Crippen molar-refractivity contribution in [1.82, 2.24) is 14.8 Å². The summed E-state index contributed by atoms with van der Waals surface area (Å²) in [5.41, 5.74) is 1.24. The van der Waals surface area contributed by atoms with Crippen molar-refractivity contribution in [2.75, 3.05) is 32.8 Å². The van der Waals surface area contributed by atoms with Crippen LogP contribution in [0.4, 0.5) is 4.39 Å². The molecule has 0 unspecified atom stereocenters. The second kappa shape index (κ2) is 8.70. The summed E-state index contributed by atoms with van der Waals surface area (Å²) < 4.78 is 19.2. The molecule has 1 saturated heterocycles. The number of hydrogen-bond acceptors (Lipinski definition) is 3. The van der Waals surface area contributed by atoms with Gasteiger partial charge in [0.25, 0.3) is 5.91 Å². The van der Waals surface area contributed by atoms with E-state index in [1.54, 1.807) is 29.0 Å². The molecule has 0 atom stereocenters. The van der Waals surface area contributed by atoms with Crippen LogP contribution in [0.2, 0.25) is 0 Å². The van der Waals surface area contributed by atoms with Gasteiger partial charge in [-0.3, -0.25) is 9.59 Å². The third-order valence-corrected chi connectivity index (χ3v) is 4.63. The lowest BCUT2D eigenvalue weighted by atomic mass is 10.1. The van der Waals surface area contributed by atoms with E-state index in [2.05, 4.69) is 4.98 Å². The van der Waals surface area contributed by atoms with Crippen LogP contribution in [0.3, 0.4) is 0 Å². The van der Waals surface area contributed by atoms with Crippen molar-refractivity contribution < 1.29 is 18.7 Å². The minimum Gasteiger partial charge on any atom is -0.491 e. The number of halogens is 1. The third kappa shape index (κ3) is 4.67. The van der Waals surface area contributed by atoms with Crippen molar-refractivity contribution in [1.29, 1.82) is 0 Å². The van der Waals surface area contributed by atoms with E-state index in [1.165, 1.54) is 12.1 Å². The van der Waals surface area contributed by atoms with Crippen LogP contribution in [0.1, 0.15) is 29.3 Å². The van der Waals surface area contributed by atoms with Crippen LogP contribution in [-0.4, -0.2) is 59.4 Å². The van der Waals surface area contributed by atoms with E-state index < -0.39 is 5.82 Å². The first kappa shape index (κ1) is 18.9. The summed E-state index contributed by atoms with van der Waals surface area (Å²) >= 11 is 0. The van der Waals surface area contributed by atoms with Gasteiger partial charge in [-0.05, 0) is 43.2 Å². The zero-order chi connectivity index (χ0) is 19.2. The standard InChI is InChI=1S/C20H24FN3O3/c1-2-27-18-5-4-16(13-17(18)21)20(26)24-9-3-8-23(10-11-24)19(25)12-15-6-7-22-14-15/h4-7,13-14,22H,2-3,8-12H2,1H3. The second-order valence-electron chi connectivity index (χ2n) is 6.50. The zero-order valence-electron chi connectivity index (χ0n) is 15.4. The molecular formula is C20H24FN3O3. The minimum absolute atomic E-state index is 0.0519. The van der Waals surface area contributed by atoms with Gasteiger partial charge in [-0.15, -0.1) is 0 Å². The van der Waals surface area contributed by atoms with Crippen molar-refractivity contribution in [3.63, 3.8) is 0 Å². The number of hydrogen-bond donors (Lipinski definition) is 1. The monoisotopic (exact) mass is 373 g/mol. The fourth-order valence-electron chi connectivity index (χ4n) is 3.21. The van der Waals surface area contributed by atoms with E-state index in [4.69, 9.17) is 4.74 Å². The van der Waals surface area contributed by atoms with Crippen LogP contribution < -0.4 is 4.74 Å². The van der Waals surface area contributed by atoms with Gasteiger partial charge in [-0.25, -0.2) is 4.39 Å². The van der Waals surface area contributed by atoms with Gasteiger partial charge in [0.1, 0.15) is 0 Å². The minimum atomic E-state index is -0.541. The summed E-state index contributed by atoms with van der Waals surface area (Å²) in [6, 6.07) is 6.16. The van der Waals surface area contributed by atoms with Crippen LogP contribution in [0.5, 0.6) is 5.75 Å². The molecule has 0 radical (unpaired) electrons. The van der Waals surface area contributed by atoms with Crippen LogP contribution in [0.25, 0.3) is 0 Å². The molecule has 0 bridgehead atoms. The van der Waals surface area contributed by atoms with E-state index in [0.29, 0.717) is 51.2 Å². The summed E-state index contributed by atoms with van der Waals surface area (Å²) in [6.07, 6.45) is 4.65. The number of ether oxygens (including phenoxy) is 1. The predicted octanol–water partition coefficient (Wildman–Crippen LogP) is 2.47. The zero-order valence-corrected chi connectivity index (χ0v) is 15.4. The molecule has 2 aromatic rings. The highest BCUT2D eigenvalue weighted by Gasteiger charge is 2.23. The Bertz CT molecular complexity index is 792. The molecule has 6 nitrogen and oxygen atoms in total. The molecular weight excluding hydrogens is 349 g/mol. The van der Waals surface area contributed by atoms with Crippen LogP contribution in [0, 0.1) is 5.82 Å². The highest BCUT2D eigenvalue weighted by molar-refractivity contribution is 5.94. The van der Waals surface area contributed by atoms with Gasteiger partial charge >= 0.3 is 0 Å². The average Bonchev–Trinajstić information content (AvgIpc) is 3.04. The lowest BCUT2D eigenvalue weighted by Crippen LogP contribution is -2.38. The SMILES string of the molecule is CCOc1ccc(C(=O)N2CCCN(C(=O)Cc3cc[nH]c3)CC2)cc1F. The molecule has 27 heavy (non-hydrogen) atoms. The number of benzene rings is 1. The van der Waals surface area contributed by atoms with E-state index >= 15 is 0 Å². The lowest BCUT2D eigenvalue weighted by molar-refractivity contribution is -0.130. The number of carbonyl (C=O) groups excluding carboxylic acids is 2. The molecule has 144 valence electrons. The molecule has 1 N–H and O–H groups in total. The van der Waals surface area contributed by atoms with Gasteiger partial charge in [-0.2, -0.15) is 0 Å². The molecule has 7 heteroatoms. The Morgan fingerprint density at radius 3 is 2.63 bits per heavy atom. The number of aromatic nitrogens is 1. The Morgan fingerprint density at radius 2 is 1.93 bits per heavy atom. The summed E-state index contributed by atoms with van der Waals surface area (Å²) in [5, 5.41) is 0. The molecule has 0 saturated carbocycles. The van der Waals surface area contributed by atoms with Gasteiger partial charge in [-0.1, -0.05) is 0 Å². The number of amides is 2. The van der Waals surface area contributed by atoms with Gasteiger partial charge in [0.05, 0.1) is 13.0 Å². The van der Waals surface area contributed by atoms with Crippen molar-refractivity contribution in [2.45, 2.75) is 19.8 Å². The van der Waals surface area contributed by atoms with Crippen molar-refractivity contribution in [3.05, 3.63) is 53.6 Å². The second-order valence-corrected chi connectivity index (χ2v) is 6.50. The quantitative estimate of drug-likeness (QED) is 0.876. The smallest absolute Gasteiger partial charge is 0.254 e. The van der Waals surface area contributed by atoms with E-state index in [0.717, 1.165) is 5.56 Å². The number of nitrogens with zero attached hydrogens (tertiary/aromatic N) is 2. The van der Waals surface area contributed by atoms with Gasteiger partial charge < -0.3 is 19.5 Å². The van der Waals surface area contributed by atoms with Crippen LogP contribution in [-0.2, 0) is 11.2 Å². The van der Waals surface area contributed by atoms with Gasteiger partial charge in [0.2, 0.25) is 5.91 Å². The van der Waals surface area contributed by atoms with Crippen molar-refractivity contribution >= 4 is 11.8 Å². The average molecular weight is 373 g/mol. The summed E-state index contributed by atoms with van der Waals surface area (Å²) in [4.78, 5) is 31.6. The van der Waals surface area contributed by atoms with Crippen molar-refractivity contribution in [2.24, 2.45) is 0 Å². The summed E-state index contributed by atoms with van der Waals surface area (Å²) in [7, 11) is 0. The predicted molar refractivity (Wildman–Crippen MR) is 99.2 cm³/mol. The molecule has 1 fully saturated rings. The first-order chi connectivity index (χ1) is 13.1.